The molecule has 96 valence electrons. The monoisotopic (exact) mass is 257 g/mol. The van der Waals surface area contributed by atoms with Crippen LogP contribution in [-0.4, -0.2) is 12.6 Å². The Labute approximate surface area is 109 Å². The van der Waals surface area contributed by atoms with Crippen LogP contribution in [0.4, 0.5) is 5.69 Å². The first-order valence-corrected chi connectivity index (χ1v) is 5.72. The first-order chi connectivity index (χ1) is 7.72. The Balaban J connectivity index is 0.00000256. The van der Waals surface area contributed by atoms with Crippen LogP contribution in [-0.2, 0) is 16.0 Å². The number of ether oxygens (including phenoxy) is 1. The van der Waals surface area contributed by atoms with Crippen LogP contribution < -0.4 is 5.73 Å². The van der Waals surface area contributed by atoms with E-state index >= 15 is 0 Å². The van der Waals surface area contributed by atoms with Gasteiger partial charge < -0.3 is 10.5 Å². The molecule has 0 fully saturated rings. The first kappa shape index (κ1) is 15.8. The number of unbranched alkanes of at least 4 members (excludes halogenated alkanes) is 1. The highest BCUT2D eigenvalue weighted by Gasteiger charge is 2.01. The number of rotatable bonds is 6. The van der Waals surface area contributed by atoms with Crippen LogP contribution in [0.1, 0.15) is 31.7 Å². The number of aryl methyl sites for hydroxylation is 1. The van der Waals surface area contributed by atoms with E-state index in [0.29, 0.717) is 13.0 Å². The number of esters is 1. The van der Waals surface area contributed by atoms with Gasteiger partial charge in [-0.15, -0.1) is 12.4 Å². The molecule has 1 rings (SSSR count). The van der Waals surface area contributed by atoms with E-state index in [9.17, 15) is 4.79 Å². The quantitative estimate of drug-likeness (QED) is 0.484. The van der Waals surface area contributed by atoms with Gasteiger partial charge in [0.25, 0.3) is 0 Å². The number of nitrogens with two attached hydrogens (primary N) is 1. The number of carbonyl (C=O) groups excluding carboxylic acids is 1. The molecule has 0 heterocycles. The summed E-state index contributed by atoms with van der Waals surface area (Å²) >= 11 is 0. The van der Waals surface area contributed by atoms with E-state index in [4.69, 9.17) is 10.5 Å². The zero-order chi connectivity index (χ0) is 11.8. The average molecular weight is 258 g/mol. The second-order valence-corrected chi connectivity index (χ2v) is 3.76. The van der Waals surface area contributed by atoms with Crippen molar-refractivity contribution in [3.8, 4) is 0 Å². The van der Waals surface area contributed by atoms with E-state index in [1.165, 1.54) is 5.56 Å². The molecule has 1 aromatic carbocycles. The fourth-order valence-electron chi connectivity index (χ4n) is 1.58. The molecular formula is C13H20ClNO2. The van der Waals surface area contributed by atoms with Crippen molar-refractivity contribution < 1.29 is 9.53 Å². The minimum Gasteiger partial charge on any atom is -0.466 e. The smallest absolute Gasteiger partial charge is 0.305 e. The van der Waals surface area contributed by atoms with Gasteiger partial charge >= 0.3 is 5.97 Å². The van der Waals surface area contributed by atoms with Gasteiger partial charge in [0.2, 0.25) is 0 Å². The molecule has 0 aliphatic rings. The molecular weight excluding hydrogens is 238 g/mol. The summed E-state index contributed by atoms with van der Waals surface area (Å²) in [4.78, 5) is 11.1. The number of halogens is 1. The second kappa shape index (κ2) is 8.88. The molecule has 0 bridgehead atoms. The van der Waals surface area contributed by atoms with Crippen molar-refractivity contribution in [1.82, 2.24) is 0 Å². The minimum atomic E-state index is -0.102. The van der Waals surface area contributed by atoms with E-state index in [-0.39, 0.29) is 18.4 Å². The summed E-state index contributed by atoms with van der Waals surface area (Å²) in [5.74, 6) is -0.102. The third-order valence-electron chi connectivity index (χ3n) is 2.35. The van der Waals surface area contributed by atoms with Crippen LogP contribution in [0.15, 0.2) is 24.3 Å². The van der Waals surface area contributed by atoms with Crippen molar-refractivity contribution in [2.45, 2.75) is 32.6 Å². The number of anilines is 1. The zero-order valence-corrected chi connectivity index (χ0v) is 11.0. The van der Waals surface area contributed by atoms with Gasteiger partial charge in [-0.2, -0.15) is 0 Å². The Kier molecular flexibility index (Phi) is 8.24. The van der Waals surface area contributed by atoms with Crippen molar-refractivity contribution in [2.75, 3.05) is 12.3 Å². The van der Waals surface area contributed by atoms with Gasteiger partial charge in [-0.1, -0.05) is 12.1 Å². The molecule has 3 nitrogen and oxygen atoms in total. The van der Waals surface area contributed by atoms with Gasteiger partial charge in [-0.3, -0.25) is 4.79 Å². The van der Waals surface area contributed by atoms with Crippen molar-refractivity contribution in [1.29, 1.82) is 0 Å². The maximum atomic E-state index is 11.1. The molecule has 17 heavy (non-hydrogen) atoms. The molecule has 1 aromatic rings. The summed E-state index contributed by atoms with van der Waals surface area (Å²) < 4.78 is 4.85. The number of nitrogen functional groups attached to an aromatic ring is 1. The molecule has 2 N–H and O–H groups in total. The molecule has 0 aromatic heterocycles. The van der Waals surface area contributed by atoms with Gasteiger partial charge in [0.15, 0.2) is 0 Å². The molecule has 0 aliphatic carbocycles. The highest BCUT2D eigenvalue weighted by molar-refractivity contribution is 5.85. The van der Waals surface area contributed by atoms with Gasteiger partial charge in [-0.25, -0.2) is 0 Å². The van der Waals surface area contributed by atoms with Crippen LogP contribution in [0.2, 0.25) is 0 Å². The summed E-state index contributed by atoms with van der Waals surface area (Å²) in [6, 6.07) is 7.86. The van der Waals surface area contributed by atoms with Crippen LogP contribution in [0, 0.1) is 0 Å². The summed E-state index contributed by atoms with van der Waals surface area (Å²) in [5, 5.41) is 0. The Hall–Kier alpha value is -1.22. The topological polar surface area (TPSA) is 52.3 Å². The lowest BCUT2D eigenvalue weighted by Gasteiger charge is -2.03. The molecule has 0 aliphatic heterocycles. The van der Waals surface area contributed by atoms with E-state index in [1.807, 2.05) is 25.1 Å². The number of hydrogen-bond donors (Lipinski definition) is 1. The number of benzene rings is 1. The number of carbonyl (C=O) groups is 1. The molecule has 0 unspecified atom stereocenters. The summed E-state index contributed by atoms with van der Waals surface area (Å²) in [5.41, 5.74) is 7.70. The van der Waals surface area contributed by atoms with Crippen molar-refractivity contribution in [2.24, 2.45) is 0 Å². The third-order valence-corrected chi connectivity index (χ3v) is 2.35. The lowest BCUT2D eigenvalue weighted by Crippen LogP contribution is -2.03. The Bertz CT molecular complexity index is 342. The third kappa shape index (κ3) is 6.84. The predicted octanol–water partition coefficient (Wildman–Crippen LogP) is 2.97. The SMILES string of the molecule is CCOC(=O)CCCCc1cccc(N)c1.Cl. The van der Waals surface area contributed by atoms with Crippen LogP contribution in [0.3, 0.4) is 0 Å². The molecule has 4 heteroatoms. The average Bonchev–Trinajstić information content (AvgIpc) is 2.25. The zero-order valence-electron chi connectivity index (χ0n) is 10.1. The first-order valence-electron chi connectivity index (χ1n) is 5.72. The molecule has 0 amide bonds. The molecule has 0 saturated heterocycles. The lowest BCUT2D eigenvalue weighted by molar-refractivity contribution is -0.143. The largest absolute Gasteiger partial charge is 0.466 e. The number of hydrogen-bond acceptors (Lipinski definition) is 3. The van der Waals surface area contributed by atoms with Crippen LogP contribution in [0.5, 0.6) is 0 Å². The predicted molar refractivity (Wildman–Crippen MR) is 72.3 cm³/mol. The molecule has 0 atom stereocenters. The summed E-state index contributed by atoms with van der Waals surface area (Å²) in [6.45, 7) is 2.29. The van der Waals surface area contributed by atoms with Crippen molar-refractivity contribution in [3.63, 3.8) is 0 Å². The maximum absolute atomic E-state index is 11.1. The lowest BCUT2D eigenvalue weighted by atomic mass is 10.1. The summed E-state index contributed by atoms with van der Waals surface area (Å²) in [7, 11) is 0. The van der Waals surface area contributed by atoms with Gasteiger partial charge in [-0.05, 0) is 43.9 Å². The maximum Gasteiger partial charge on any atom is 0.305 e. The fourth-order valence-corrected chi connectivity index (χ4v) is 1.58. The Morgan fingerprint density at radius 2 is 2.12 bits per heavy atom. The molecule has 0 radical (unpaired) electrons. The van der Waals surface area contributed by atoms with Gasteiger partial charge in [0, 0.05) is 12.1 Å². The van der Waals surface area contributed by atoms with Crippen LogP contribution >= 0.6 is 12.4 Å². The van der Waals surface area contributed by atoms with Crippen molar-refractivity contribution >= 4 is 24.1 Å². The van der Waals surface area contributed by atoms with Gasteiger partial charge in [0.1, 0.15) is 0 Å². The van der Waals surface area contributed by atoms with E-state index in [1.54, 1.807) is 0 Å². The van der Waals surface area contributed by atoms with E-state index in [0.717, 1.165) is 24.9 Å². The fraction of sp³-hybridized carbons (Fsp3) is 0.462. The highest BCUT2D eigenvalue weighted by Crippen LogP contribution is 2.10. The van der Waals surface area contributed by atoms with E-state index < -0.39 is 0 Å². The van der Waals surface area contributed by atoms with E-state index in [2.05, 4.69) is 6.07 Å². The Morgan fingerprint density at radius 1 is 1.35 bits per heavy atom. The van der Waals surface area contributed by atoms with Crippen molar-refractivity contribution in [3.05, 3.63) is 29.8 Å². The standard InChI is InChI=1S/C13H19NO2.ClH/c1-2-16-13(15)9-4-3-6-11-7-5-8-12(14)10-11;/h5,7-8,10H,2-4,6,9,14H2,1H3;1H. The highest BCUT2D eigenvalue weighted by atomic mass is 35.5. The molecule has 0 saturated carbocycles. The summed E-state index contributed by atoms with van der Waals surface area (Å²) in [6.07, 6.45) is 3.33. The molecule has 0 spiro atoms. The normalized spacial score (nSPS) is 9.47. The Morgan fingerprint density at radius 3 is 2.76 bits per heavy atom. The van der Waals surface area contributed by atoms with Gasteiger partial charge in [0.05, 0.1) is 6.61 Å². The second-order valence-electron chi connectivity index (χ2n) is 3.76. The van der Waals surface area contributed by atoms with Crippen LogP contribution in [0.25, 0.3) is 0 Å². The minimum absolute atomic E-state index is 0.